The number of benzene rings is 1. The van der Waals surface area contributed by atoms with E-state index in [4.69, 9.17) is 4.74 Å². The molecule has 0 saturated carbocycles. The molecule has 1 aliphatic heterocycles. The predicted octanol–water partition coefficient (Wildman–Crippen LogP) is 4.64. The number of likely N-dealkylation sites (tertiary alicyclic amines) is 1. The van der Waals surface area contributed by atoms with Crippen molar-refractivity contribution in [2.45, 2.75) is 19.3 Å². The van der Waals surface area contributed by atoms with Crippen LogP contribution in [-0.2, 0) is 0 Å². The number of ether oxygens (including phenoxy) is 1. The molecule has 0 unspecified atom stereocenters. The van der Waals surface area contributed by atoms with Gasteiger partial charge >= 0.3 is 0 Å². The molecule has 4 aromatic rings. The molecule has 6 heteroatoms. The average Bonchev–Trinajstić information content (AvgIpc) is 3.42. The first-order chi connectivity index (χ1) is 12.9. The first kappa shape index (κ1) is 15.9. The number of rotatable bonds is 6. The van der Waals surface area contributed by atoms with Gasteiger partial charge in [0.05, 0.1) is 22.5 Å². The highest BCUT2D eigenvalue weighted by Gasteiger charge is 2.13. The molecule has 1 fully saturated rings. The van der Waals surface area contributed by atoms with Crippen molar-refractivity contribution in [1.82, 2.24) is 20.1 Å². The van der Waals surface area contributed by atoms with Gasteiger partial charge in [-0.15, -0.1) is 11.3 Å². The molecule has 4 heterocycles. The monoisotopic (exact) mass is 366 g/mol. The zero-order valence-electron chi connectivity index (χ0n) is 14.6. The third kappa shape index (κ3) is 2.99. The van der Waals surface area contributed by atoms with Gasteiger partial charge in [-0.1, -0.05) is 0 Å². The van der Waals surface area contributed by atoms with Crippen LogP contribution in [0, 0.1) is 0 Å². The van der Waals surface area contributed by atoms with Crippen LogP contribution in [0.3, 0.4) is 0 Å². The number of nitrogens with zero attached hydrogens (tertiary/aromatic N) is 2. The van der Waals surface area contributed by atoms with Gasteiger partial charge in [-0.05, 0) is 62.0 Å². The maximum atomic E-state index is 5.97. The van der Waals surface area contributed by atoms with Gasteiger partial charge in [0.25, 0.3) is 0 Å². The summed E-state index contributed by atoms with van der Waals surface area (Å²) in [5.74, 6) is 0.927. The zero-order valence-corrected chi connectivity index (χ0v) is 15.4. The van der Waals surface area contributed by atoms with Gasteiger partial charge in [0.15, 0.2) is 0 Å². The van der Waals surface area contributed by atoms with Crippen LogP contribution in [0.2, 0.25) is 0 Å². The van der Waals surface area contributed by atoms with E-state index in [1.165, 1.54) is 36.0 Å². The van der Waals surface area contributed by atoms with Crippen LogP contribution in [0.5, 0.6) is 5.75 Å². The number of hydrogen-bond acceptors (Lipinski definition) is 4. The van der Waals surface area contributed by atoms with Gasteiger partial charge < -0.3 is 14.6 Å². The van der Waals surface area contributed by atoms with E-state index in [-0.39, 0.29) is 0 Å². The number of hydrogen-bond donors (Lipinski definition) is 2. The molecule has 1 aromatic carbocycles. The third-order valence-corrected chi connectivity index (χ3v) is 6.02. The number of nitrogens with one attached hydrogen (secondary N) is 2. The topological polar surface area (TPSA) is 56.9 Å². The summed E-state index contributed by atoms with van der Waals surface area (Å²) in [6.45, 7) is 4.42. The molecule has 0 spiro atoms. The van der Waals surface area contributed by atoms with Crippen LogP contribution >= 0.6 is 11.3 Å². The molecule has 5 rings (SSSR count). The Morgan fingerprint density at radius 3 is 2.96 bits per heavy atom. The zero-order chi connectivity index (χ0) is 17.3. The smallest absolute Gasteiger partial charge is 0.126 e. The lowest BCUT2D eigenvalue weighted by molar-refractivity contribution is 0.263. The van der Waals surface area contributed by atoms with Crippen LogP contribution in [0.15, 0.2) is 35.7 Å². The van der Waals surface area contributed by atoms with Gasteiger partial charge in [-0.3, -0.25) is 5.10 Å². The van der Waals surface area contributed by atoms with Gasteiger partial charge in [-0.25, -0.2) is 0 Å². The van der Waals surface area contributed by atoms with Crippen LogP contribution in [0.25, 0.3) is 32.5 Å². The largest absolute Gasteiger partial charge is 0.493 e. The Hall–Kier alpha value is -2.31. The summed E-state index contributed by atoms with van der Waals surface area (Å²) in [7, 11) is 0. The van der Waals surface area contributed by atoms with E-state index in [9.17, 15) is 0 Å². The highest BCUT2D eigenvalue weighted by molar-refractivity contribution is 7.17. The Balaban J connectivity index is 1.29. The van der Waals surface area contributed by atoms with Crippen molar-refractivity contribution in [3.63, 3.8) is 0 Å². The van der Waals surface area contributed by atoms with Crippen LogP contribution in [0.4, 0.5) is 0 Å². The lowest BCUT2D eigenvalue weighted by Gasteiger charge is -2.14. The third-order valence-electron chi connectivity index (χ3n) is 5.10. The first-order valence-electron chi connectivity index (χ1n) is 9.27. The minimum atomic E-state index is 0.769. The van der Waals surface area contributed by atoms with Gasteiger partial charge in [0, 0.05) is 23.5 Å². The number of aromatic amines is 2. The molecule has 0 bridgehead atoms. The van der Waals surface area contributed by atoms with Crippen molar-refractivity contribution >= 4 is 32.5 Å². The summed E-state index contributed by atoms with van der Waals surface area (Å²) < 4.78 is 7.16. The Morgan fingerprint density at radius 2 is 2.04 bits per heavy atom. The number of thiophene rings is 1. The van der Waals surface area contributed by atoms with E-state index < -0.39 is 0 Å². The Bertz CT molecular complexity index is 1020. The highest BCUT2D eigenvalue weighted by atomic mass is 32.1. The van der Waals surface area contributed by atoms with Crippen LogP contribution in [0.1, 0.15) is 19.3 Å². The van der Waals surface area contributed by atoms with Crippen molar-refractivity contribution in [3.05, 3.63) is 35.7 Å². The van der Waals surface area contributed by atoms with Crippen molar-refractivity contribution in [2.75, 3.05) is 26.2 Å². The lowest BCUT2D eigenvalue weighted by atomic mass is 10.2. The molecule has 2 N–H and O–H groups in total. The summed E-state index contributed by atoms with van der Waals surface area (Å²) in [5, 5.41) is 10.8. The fourth-order valence-corrected chi connectivity index (χ4v) is 4.59. The SMILES string of the molecule is c1cc2[nH]nc(-c3cc4ccc(OCCCN5CCCC5)cc4[nH]3)c2s1. The molecule has 1 aliphatic rings. The predicted molar refractivity (Wildman–Crippen MR) is 107 cm³/mol. The molecule has 26 heavy (non-hydrogen) atoms. The summed E-state index contributed by atoms with van der Waals surface area (Å²) in [6.07, 6.45) is 3.78. The summed E-state index contributed by atoms with van der Waals surface area (Å²) in [5.41, 5.74) is 4.20. The summed E-state index contributed by atoms with van der Waals surface area (Å²) >= 11 is 1.71. The van der Waals surface area contributed by atoms with E-state index in [1.54, 1.807) is 11.3 Å². The minimum Gasteiger partial charge on any atom is -0.493 e. The van der Waals surface area contributed by atoms with E-state index in [0.717, 1.165) is 47.7 Å². The molecule has 0 radical (unpaired) electrons. The Labute approximate surface area is 156 Å². The maximum absolute atomic E-state index is 5.97. The van der Waals surface area contributed by atoms with Gasteiger partial charge in [0.2, 0.25) is 0 Å². The molecule has 0 atom stereocenters. The van der Waals surface area contributed by atoms with Crippen LogP contribution in [-0.4, -0.2) is 46.3 Å². The minimum absolute atomic E-state index is 0.769. The van der Waals surface area contributed by atoms with Crippen LogP contribution < -0.4 is 4.74 Å². The number of aromatic nitrogens is 3. The van der Waals surface area contributed by atoms with Crippen molar-refractivity contribution in [2.24, 2.45) is 0 Å². The Morgan fingerprint density at radius 1 is 1.12 bits per heavy atom. The summed E-state index contributed by atoms with van der Waals surface area (Å²) in [6, 6.07) is 10.5. The fraction of sp³-hybridized carbons (Fsp3) is 0.350. The van der Waals surface area contributed by atoms with E-state index >= 15 is 0 Å². The van der Waals surface area contributed by atoms with Crippen molar-refractivity contribution in [1.29, 1.82) is 0 Å². The molecule has 0 amide bonds. The summed E-state index contributed by atoms with van der Waals surface area (Å²) in [4.78, 5) is 6.02. The maximum Gasteiger partial charge on any atom is 0.126 e. The second-order valence-electron chi connectivity index (χ2n) is 6.92. The van der Waals surface area contributed by atoms with E-state index in [1.807, 2.05) is 0 Å². The molecule has 0 aliphatic carbocycles. The fourth-order valence-electron chi connectivity index (χ4n) is 3.74. The second-order valence-corrected chi connectivity index (χ2v) is 7.83. The normalized spacial score (nSPS) is 15.4. The average molecular weight is 366 g/mol. The van der Waals surface area contributed by atoms with Gasteiger partial charge in [-0.2, -0.15) is 5.10 Å². The quantitative estimate of drug-likeness (QED) is 0.489. The number of H-pyrrole nitrogens is 2. The molecule has 3 aromatic heterocycles. The van der Waals surface area contributed by atoms with Crippen molar-refractivity contribution < 1.29 is 4.74 Å². The van der Waals surface area contributed by atoms with Crippen molar-refractivity contribution in [3.8, 4) is 17.1 Å². The standard InChI is InChI=1S/C20H22N4OS/c1-2-8-24(7-1)9-3-10-25-15-5-4-14-12-18(21-17(14)13-15)19-20-16(22-23-19)6-11-26-20/h4-6,11-13,21H,1-3,7-10H2,(H,22,23). The van der Waals surface area contributed by atoms with E-state index in [0.29, 0.717) is 0 Å². The number of fused-ring (bicyclic) bond motifs is 2. The van der Waals surface area contributed by atoms with E-state index in [2.05, 4.69) is 55.8 Å². The molecule has 1 saturated heterocycles. The highest BCUT2D eigenvalue weighted by Crippen LogP contribution is 2.32. The second kappa shape index (κ2) is 6.78. The molecular weight excluding hydrogens is 344 g/mol. The molecule has 5 nitrogen and oxygen atoms in total. The van der Waals surface area contributed by atoms with Gasteiger partial charge in [0.1, 0.15) is 11.4 Å². The lowest BCUT2D eigenvalue weighted by Crippen LogP contribution is -2.21. The first-order valence-corrected chi connectivity index (χ1v) is 10.1. The molecular formula is C20H22N4OS. The molecule has 134 valence electrons. The Kier molecular flexibility index (Phi) is 4.15.